The van der Waals surface area contributed by atoms with Crippen molar-refractivity contribution in [1.82, 2.24) is 0 Å². The van der Waals surface area contributed by atoms with Gasteiger partial charge in [-0.25, -0.2) is 0 Å². The van der Waals surface area contributed by atoms with Crippen LogP contribution < -0.4 is 5.11 Å². The highest BCUT2D eigenvalue weighted by molar-refractivity contribution is 6.61. The largest absolute Gasteiger partial charge is 0.547 e. The Balaban J connectivity index is 1.48. The van der Waals surface area contributed by atoms with Gasteiger partial charge in [-0.1, -0.05) is 96.8 Å². The molecule has 8 nitrogen and oxygen atoms in total. The Morgan fingerprint density at radius 1 is 0.789 bits per heavy atom. The molecule has 5 atom stereocenters. The number of carbonyl (C=O) groups excluding carboxylic acids is 1. The zero-order valence-corrected chi connectivity index (χ0v) is 25.5. The second kappa shape index (κ2) is 18.0. The number of rotatable bonds is 22. The lowest BCUT2D eigenvalue weighted by Gasteiger charge is -2.49. The van der Waals surface area contributed by atoms with Crippen molar-refractivity contribution in [1.29, 1.82) is 0 Å². The average Bonchev–Trinajstić information content (AvgIpc) is 2.87. The summed E-state index contributed by atoms with van der Waals surface area (Å²) in [6.07, 6.45) is 17.6. The van der Waals surface area contributed by atoms with Crippen molar-refractivity contribution in [3.8, 4) is 0 Å². The molecule has 0 spiro atoms. The van der Waals surface area contributed by atoms with Gasteiger partial charge in [0.2, 0.25) is 0 Å². The molecule has 2 saturated heterocycles. The molecule has 224 valence electrons. The number of aliphatic hydroxyl groups is 2. The van der Waals surface area contributed by atoms with E-state index < -0.39 is 39.2 Å². The molecule has 0 aromatic heterocycles. The van der Waals surface area contributed by atoms with Crippen LogP contribution in [-0.4, -0.2) is 87.7 Å². The molecular weight excluding hydrogens is 502 g/mol. The maximum atomic E-state index is 11.4. The summed E-state index contributed by atoms with van der Waals surface area (Å²) in [5.74, 6) is -1.50. The van der Waals surface area contributed by atoms with Crippen molar-refractivity contribution in [2.24, 2.45) is 0 Å². The minimum Gasteiger partial charge on any atom is -0.547 e. The predicted molar refractivity (Wildman–Crippen MR) is 149 cm³/mol. The molecule has 9 heteroatoms. The van der Waals surface area contributed by atoms with Gasteiger partial charge >= 0.3 is 8.80 Å². The van der Waals surface area contributed by atoms with Crippen LogP contribution in [0.2, 0.25) is 6.04 Å². The van der Waals surface area contributed by atoms with E-state index >= 15 is 0 Å². The van der Waals surface area contributed by atoms with Crippen molar-refractivity contribution in [2.75, 3.05) is 33.8 Å². The zero-order valence-electron chi connectivity index (χ0n) is 24.5. The first-order valence-corrected chi connectivity index (χ1v) is 17.5. The first-order chi connectivity index (χ1) is 18.2. The number of hydrogen-bond acceptors (Lipinski definition) is 7. The van der Waals surface area contributed by atoms with Gasteiger partial charge in [-0.05, 0) is 12.8 Å². The monoisotopic (exact) mass is 559 g/mol. The quantitative estimate of drug-likeness (QED) is 0.117. The zero-order chi connectivity index (χ0) is 27.9. The normalized spacial score (nSPS) is 27.5. The minimum absolute atomic E-state index is 0.00877. The van der Waals surface area contributed by atoms with Crippen LogP contribution in [0.4, 0.5) is 0 Å². The van der Waals surface area contributed by atoms with Crippen LogP contribution in [0.15, 0.2) is 0 Å². The van der Waals surface area contributed by atoms with E-state index in [0.717, 1.165) is 24.0 Å². The van der Waals surface area contributed by atoms with Gasteiger partial charge in [0, 0.05) is 12.5 Å². The maximum Gasteiger partial charge on any atom is 0.502 e. The number of nitrogens with zero attached hydrogens (tertiary/aromatic N) is 1. The van der Waals surface area contributed by atoms with Gasteiger partial charge < -0.3 is 37.9 Å². The molecule has 0 radical (unpaired) electrons. The van der Waals surface area contributed by atoms with Gasteiger partial charge in [-0.3, -0.25) is 0 Å². The molecule has 2 aliphatic heterocycles. The van der Waals surface area contributed by atoms with E-state index in [-0.39, 0.29) is 6.61 Å². The number of aliphatic hydroxyl groups excluding tert-OH is 2. The summed E-state index contributed by atoms with van der Waals surface area (Å²) in [5.41, 5.74) is 0. The SMILES string of the molecule is CCCCCCCCCCCCCCCCCC[N+](C)(C)CCC[Si]12OC[C@@H](O)[C@@H](O1)[C@H](O)[C@H](C(=O)[O-])O2. The van der Waals surface area contributed by atoms with E-state index in [1.807, 2.05) is 0 Å². The van der Waals surface area contributed by atoms with E-state index in [4.69, 9.17) is 13.3 Å². The molecule has 2 aliphatic rings. The highest BCUT2D eigenvalue weighted by Gasteiger charge is 2.58. The number of fused-ring (bicyclic) bond motifs is 2. The Morgan fingerprint density at radius 3 is 1.76 bits per heavy atom. The first kappa shape index (κ1) is 33.7. The van der Waals surface area contributed by atoms with Crippen molar-refractivity contribution in [3.63, 3.8) is 0 Å². The van der Waals surface area contributed by atoms with E-state index in [1.54, 1.807) is 0 Å². The van der Waals surface area contributed by atoms with Gasteiger partial charge in [-0.2, -0.15) is 0 Å². The molecule has 2 rings (SSSR count). The molecular formula is C29H57NO7Si. The third kappa shape index (κ3) is 12.3. The first-order valence-electron chi connectivity index (χ1n) is 15.6. The summed E-state index contributed by atoms with van der Waals surface area (Å²) >= 11 is 0. The van der Waals surface area contributed by atoms with Gasteiger partial charge in [-0.15, -0.1) is 0 Å². The van der Waals surface area contributed by atoms with E-state index in [9.17, 15) is 20.1 Å². The molecule has 0 saturated carbocycles. The van der Waals surface area contributed by atoms with Crippen molar-refractivity contribution in [3.05, 3.63) is 0 Å². The van der Waals surface area contributed by atoms with Crippen LogP contribution in [0.5, 0.6) is 0 Å². The summed E-state index contributed by atoms with van der Waals surface area (Å²) in [5, 5.41) is 31.7. The van der Waals surface area contributed by atoms with Gasteiger partial charge in [0.15, 0.2) is 0 Å². The smallest absolute Gasteiger partial charge is 0.502 e. The summed E-state index contributed by atoms with van der Waals surface area (Å²) < 4.78 is 18.1. The Labute approximate surface area is 233 Å². The number of hydrogen-bond donors (Lipinski definition) is 2. The number of unbranched alkanes of at least 4 members (excludes halogenated alkanes) is 15. The number of carboxylic acids is 1. The molecule has 0 aromatic rings. The molecule has 1 unspecified atom stereocenters. The number of carboxylic acid groups (broad SMARTS) is 1. The second-order valence-electron chi connectivity index (χ2n) is 12.3. The summed E-state index contributed by atoms with van der Waals surface area (Å²) in [7, 11) is 1.17. The minimum atomic E-state index is -3.27. The lowest BCUT2D eigenvalue weighted by atomic mass is 10.0. The third-order valence-electron chi connectivity index (χ3n) is 8.22. The standard InChI is InChI=1S/C29H57NO7Si/c1-4-5-6-7-8-9-10-11-12-13-14-15-16-17-18-19-21-30(2,3)22-20-23-38-35-24-25(31)27(36-38)26(32)28(37-38)29(33)34/h25-28,31-32H,4-24H2,1-3H3/t25-,26+,27-,28-,38?/m1/s1. The number of carbonyl (C=O) groups is 1. The fourth-order valence-corrected chi connectivity index (χ4v) is 8.64. The van der Waals surface area contributed by atoms with Crippen LogP contribution >= 0.6 is 0 Å². The molecule has 2 heterocycles. The molecule has 0 aromatic carbocycles. The van der Waals surface area contributed by atoms with Crippen molar-refractivity contribution >= 4 is 14.8 Å². The van der Waals surface area contributed by atoms with Gasteiger partial charge in [0.1, 0.15) is 24.4 Å². The summed E-state index contributed by atoms with van der Waals surface area (Å²) in [6.45, 7) is 4.26. The Bertz CT molecular complexity index is 652. The molecule has 0 amide bonds. The molecule has 2 N–H and O–H groups in total. The van der Waals surface area contributed by atoms with Crippen LogP contribution in [0.25, 0.3) is 0 Å². The van der Waals surface area contributed by atoms with Crippen molar-refractivity contribution in [2.45, 2.75) is 147 Å². The molecule has 0 aliphatic carbocycles. The Hall–Kier alpha value is -0.553. The van der Waals surface area contributed by atoms with Crippen LogP contribution in [0, 0.1) is 0 Å². The average molecular weight is 560 g/mol. The second-order valence-corrected chi connectivity index (χ2v) is 14.9. The van der Waals surface area contributed by atoms with E-state index in [0.29, 0.717) is 6.04 Å². The van der Waals surface area contributed by atoms with Crippen LogP contribution in [0.3, 0.4) is 0 Å². The third-order valence-corrected chi connectivity index (χ3v) is 11.0. The maximum absolute atomic E-state index is 11.4. The van der Waals surface area contributed by atoms with Crippen molar-refractivity contribution < 1.29 is 37.9 Å². The molecule has 2 fully saturated rings. The highest BCUT2D eigenvalue weighted by atomic mass is 28.4. The fourth-order valence-electron chi connectivity index (χ4n) is 5.72. The summed E-state index contributed by atoms with van der Waals surface area (Å²) in [4.78, 5) is 11.4. The lowest BCUT2D eigenvalue weighted by molar-refractivity contribution is -0.890. The Kier molecular flexibility index (Phi) is 15.9. The van der Waals surface area contributed by atoms with Crippen LogP contribution in [0.1, 0.15) is 116 Å². The predicted octanol–water partition coefficient (Wildman–Crippen LogP) is 3.94. The lowest BCUT2D eigenvalue weighted by Crippen LogP contribution is -2.71. The molecule has 38 heavy (non-hydrogen) atoms. The van der Waals surface area contributed by atoms with Gasteiger partial charge in [0.05, 0.1) is 39.8 Å². The highest BCUT2D eigenvalue weighted by Crippen LogP contribution is 2.35. The van der Waals surface area contributed by atoms with Crippen LogP contribution in [-0.2, 0) is 18.1 Å². The number of aliphatic carboxylic acids is 1. The Morgan fingerprint density at radius 2 is 1.26 bits per heavy atom. The number of quaternary nitrogens is 1. The van der Waals surface area contributed by atoms with E-state index in [2.05, 4.69) is 21.0 Å². The summed E-state index contributed by atoms with van der Waals surface area (Å²) in [6, 6.07) is 0.466. The van der Waals surface area contributed by atoms with Gasteiger partial charge in [0.25, 0.3) is 0 Å². The fraction of sp³-hybridized carbons (Fsp3) is 0.966. The molecule has 2 bridgehead atoms. The topological polar surface area (TPSA) is 108 Å². The van der Waals surface area contributed by atoms with E-state index in [1.165, 1.54) is 103 Å².